The van der Waals surface area contributed by atoms with Gasteiger partial charge in [0.05, 0.1) is 60.2 Å². The fraction of sp³-hybridized carbons (Fsp3) is 0.278. The SMILES string of the molecule is CC(C)(C)OC(=O)Nc1ccc(C(=O)N2CCCC(CNc3ncc(Cl)c(-c4cn(S(=O)(=O)c5ccccc5)c5ccccc45)n3)C2)cc1.CC(C)(C)OC(=O)Nc1ccc(C(=O)O)cc1.O=S(=O)(c1ccccc1)n1cc(-c2nc(NCC3CCCNC3)ncc2Cl)c2ccccc21.[3H][B].[U]. The van der Waals surface area contributed by atoms with Crippen molar-refractivity contribution in [3.63, 3.8) is 0 Å². The van der Waals surface area contributed by atoms with Crippen molar-refractivity contribution in [1.82, 2.24) is 38.1 Å². The smallest absolute Gasteiger partial charge is 0.412 e. The first-order valence-corrected chi connectivity index (χ1v) is 35.6. The summed E-state index contributed by atoms with van der Waals surface area (Å²) >= 11 is 13.1. The molecule has 12 rings (SSSR count). The van der Waals surface area contributed by atoms with Gasteiger partial charge in [-0.15, -0.1) is 0 Å². The van der Waals surface area contributed by atoms with E-state index in [0.29, 0.717) is 98.3 Å². The maximum atomic E-state index is 13.6. The minimum atomic E-state index is -3.89. The van der Waals surface area contributed by atoms with E-state index in [1.54, 1.807) is 163 Å². The Labute approximate surface area is 624 Å². The molecule has 3 amide bonds. The number of hydrogen-bond donors (Lipinski definition) is 6. The predicted octanol–water partition coefficient (Wildman–Crippen LogP) is 13.8. The summed E-state index contributed by atoms with van der Waals surface area (Å²) < 4.78 is 72.2. The standard InChI is InChI=1S/C36H37ClN6O5S.C24H24ClN5O2S.C12H15NO4.BH.U/c1-36(2,3)48-35(45)40-26-17-15-25(16-18-26)33(44)42-19-9-10-24(22-42)20-38-34-39-21-30(37)32(41-34)29-23-43(31-14-8-7-13-28(29)31)49(46,47)27-11-5-4-6-12-27;25-21-15-28-24(27-14-17-7-6-12-26-13-17)29-23(21)20-16-30(22-11-5-4-10-19(20)22)33(31,32)18-8-2-1-3-9-18;1-12(2,3)17-11(16)13-9-6-4-8(5-7-9)10(14)15;;/h4-8,11-18,21,23-24H,9-10,19-20,22H2,1-3H3,(H,40,45)(H,38,39,41);1-5,8-11,15-17,26H,6-7,12-14H2,(H,27,28,29);4-7H,1-3H3,(H,13,16)(H,14,15);1H;/i;;;1T;. The van der Waals surface area contributed by atoms with Crippen LogP contribution in [0.15, 0.2) is 192 Å². The zero-order chi connectivity index (χ0) is 72.7. The van der Waals surface area contributed by atoms with E-state index >= 15 is 0 Å². The van der Waals surface area contributed by atoms with E-state index in [2.05, 4.69) is 49.9 Å². The monoisotopic (exact) mass is 1670 g/mol. The van der Waals surface area contributed by atoms with Gasteiger partial charge in [-0.05, 0) is 178 Å². The van der Waals surface area contributed by atoms with E-state index in [4.69, 9.17) is 44.1 Å². The summed E-state index contributed by atoms with van der Waals surface area (Å²) in [6.07, 6.45) is 9.16. The van der Waals surface area contributed by atoms with Crippen molar-refractivity contribution >= 4 is 121 Å². The molecule has 23 nitrogen and oxygen atoms in total. The van der Waals surface area contributed by atoms with Crippen molar-refractivity contribution in [1.29, 1.82) is 1.34 Å². The van der Waals surface area contributed by atoms with Crippen molar-refractivity contribution in [3.8, 4) is 22.5 Å². The Morgan fingerprint density at radius 1 is 0.594 bits per heavy atom. The van der Waals surface area contributed by atoms with Gasteiger partial charge < -0.3 is 35.4 Å². The number of hydrogen-bond acceptors (Lipinski definition) is 17. The number of nitrogens with zero attached hydrogens (tertiary/aromatic N) is 7. The molecule has 4 aromatic heterocycles. The van der Waals surface area contributed by atoms with Gasteiger partial charge in [0, 0.05) is 117 Å². The molecule has 2 aliphatic heterocycles. The third-order valence-corrected chi connectivity index (χ3v) is 19.7. The summed E-state index contributed by atoms with van der Waals surface area (Å²) in [5.74, 6) is 0.390. The van der Waals surface area contributed by atoms with Gasteiger partial charge in [-0.25, -0.2) is 59.1 Å². The average molecular weight is 1670 g/mol. The normalized spacial score (nSPS) is 14.7. The Morgan fingerprint density at radius 2 is 1.01 bits per heavy atom. The van der Waals surface area contributed by atoms with Gasteiger partial charge in [-0.2, -0.15) is 0 Å². The predicted molar refractivity (Wildman–Crippen MR) is 392 cm³/mol. The number of piperidine rings is 2. The van der Waals surface area contributed by atoms with Crippen LogP contribution < -0.4 is 26.6 Å². The Balaban J connectivity index is 0.000000214. The number of carbonyl (C=O) groups excluding carboxylic acids is 3. The number of nitrogens with one attached hydrogen (secondary N) is 5. The van der Waals surface area contributed by atoms with Gasteiger partial charge in [-0.3, -0.25) is 15.4 Å². The third kappa shape index (κ3) is 20.3. The van der Waals surface area contributed by atoms with Gasteiger partial charge in [0.2, 0.25) is 11.9 Å². The van der Waals surface area contributed by atoms with E-state index in [1.165, 1.54) is 38.4 Å². The number of aromatic nitrogens is 6. The number of ether oxygens (including phenoxy) is 2. The second-order valence-corrected chi connectivity index (χ2v) is 30.0. The number of likely N-dealkylation sites (tertiary alicyclic amines) is 1. The molecule has 0 spiro atoms. The van der Waals surface area contributed by atoms with Crippen molar-refractivity contribution in [2.75, 3.05) is 60.5 Å². The molecule has 6 aromatic carbocycles. The number of halogens is 2. The van der Waals surface area contributed by atoms with Gasteiger partial charge in [0.25, 0.3) is 26.0 Å². The number of carbonyl (C=O) groups is 4. The molecule has 0 aliphatic carbocycles. The van der Waals surface area contributed by atoms with Crippen LogP contribution in [0.2, 0.25) is 10.0 Å². The number of anilines is 4. The number of carboxylic acid groups (broad SMARTS) is 1. The van der Waals surface area contributed by atoms with E-state index in [9.17, 15) is 36.0 Å². The summed E-state index contributed by atoms with van der Waals surface area (Å²) in [6.45, 7) is 15.2. The molecule has 0 bridgehead atoms. The zero-order valence-electron chi connectivity index (χ0n) is 57.4. The molecular weight excluding hydrogens is 1590 g/mol. The summed E-state index contributed by atoms with van der Waals surface area (Å²) in [5.41, 5.74) is 3.72. The molecule has 2 aliphatic rings. The van der Waals surface area contributed by atoms with Crippen molar-refractivity contribution in [3.05, 3.63) is 204 Å². The first-order valence-electron chi connectivity index (χ1n) is 32.6. The molecule has 2 saturated heterocycles. The van der Waals surface area contributed by atoms with Crippen molar-refractivity contribution in [2.45, 2.75) is 88.2 Å². The second kappa shape index (κ2) is 34.2. The molecule has 6 N–H and O–H groups in total. The largest absolute Gasteiger partial charge is 0.478 e. The van der Waals surface area contributed by atoms with E-state index in [-0.39, 0.29) is 63.3 Å². The first-order chi connectivity index (χ1) is 48.2. The quantitative estimate of drug-likeness (QED) is 0.0490. The average Bonchev–Trinajstić information content (AvgIpc) is 1.60. The third-order valence-electron chi connectivity index (χ3n) is 15.8. The Morgan fingerprint density at radius 3 is 1.44 bits per heavy atom. The van der Waals surface area contributed by atoms with E-state index in [1.807, 2.05) is 35.2 Å². The van der Waals surface area contributed by atoms with Crippen LogP contribution in [-0.4, -0.2) is 139 Å². The van der Waals surface area contributed by atoms with Crippen LogP contribution in [-0.2, 0) is 29.5 Å². The molecule has 2 atom stereocenters. The Kier molecular flexibility index (Phi) is 25.9. The summed E-state index contributed by atoms with van der Waals surface area (Å²) in [7, 11) is -3.93. The van der Waals surface area contributed by atoms with Crippen LogP contribution in [0.25, 0.3) is 44.3 Å². The Hall–Kier alpha value is -8.80. The number of para-hydroxylation sites is 2. The van der Waals surface area contributed by atoms with Gasteiger partial charge in [-0.1, -0.05) is 96.0 Å². The van der Waals surface area contributed by atoms with Gasteiger partial charge >= 0.3 is 18.2 Å². The molecule has 2 unspecified atom stereocenters. The van der Waals surface area contributed by atoms with Gasteiger partial charge in [0.15, 0.2) is 0 Å². The molecule has 29 heteroatoms. The number of carboxylic acids is 1. The molecule has 2 radical (unpaired) electrons. The number of fused-ring (bicyclic) bond motifs is 2. The fourth-order valence-electron chi connectivity index (χ4n) is 11.2. The van der Waals surface area contributed by atoms with Crippen LogP contribution in [0.4, 0.5) is 32.9 Å². The summed E-state index contributed by atoms with van der Waals surface area (Å²) in [4.78, 5) is 67.8. The van der Waals surface area contributed by atoms with Crippen LogP contribution >= 0.6 is 23.2 Å². The molecule has 6 heterocycles. The fourth-order valence-corrected chi connectivity index (χ4v) is 14.3. The van der Waals surface area contributed by atoms with Crippen molar-refractivity contribution in [2.24, 2.45) is 11.8 Å². The number of amides is 3. The molecular formula is C72H77BCl2N12O11S2U. The Bertz CT molecular complexity index is 4780. The van der Waals surface area contributed by atoms with E-state index < -0.39 is 49.4 Å². The number of rotatable bonds is 16. The molecule has 10 aromatic rings. The summed E-state index contributed by atoms with van der Waals surface area (Å²) in [6, 6.07) is 43.8. The number of benzene rings is 6. The van der Waals surface area contributed by atoms with Crippen molar-refractivity contribution < 1.29 is 81.7 Å². The first kappa shape index (κ1) is 76.4. The van der Waals surface area contributed by atoms with E-state index in [0.717, 1.165) is 50.7 Å². The zero-order valence-corrected chi connectivity index (χ0v) is 63.7. The van der Waals surface area contributed by atoms with Crippen LogP contribution in [0, 0.1) is 42.9 Å². The minimum Gasteiger partial charge on any atom is -0.478 e. The van der Waals surface area contributed by atoms with Gasteiger partial charge in [0.1, 0.15) is 11.2 Å². The molecule has 524 valence electrons. The topological polar surface area (TPSA) is 300 Å². The number of aromatic carboxylic acids is 1. The summed E-state index contributed by atoms with van der Waals surface area (Å²) in [5, 5.41) is 26.0. The minimum absolute atomic E-state index is 0. The maximum Gasteiger partial charge on any atom is 0.412 e. The maximum absolute atomic E-state index is 13.6. The molecule has 0 saturated carbocycles. The van der Waals surface area contributed by atoms with Crippen LogP contribution in [0.5, 0.6) is 0 Å². The molecule has 2 fully saturated rings. The molecule has 101 heavy (non-hydrogen) atoms. The van der Waals surface area contributed by atoms with Crippen LogP contribution in [0.1, 0.15) is 87.9 Å². The van der Waals surface area contributed by atoms with Crippen LogP contribution in [0.3, 0.4) is 0 Å². The second-order valence-electron chi connectivity index (χ2n) is 25.6.